The van der Waals surface area contributed by atoms with Gasteiger partial charge in [0.2, 0.25) is 5.91 Å². The molecule has 168 valence electrons. The van der Waals surface area contributed by atoms with E-state index in [0.29, 0.717) is 43.4 Å². The van der Waals surface area contributed by atoms with E-state index in [1.165, 1.54) is 32.1 Å². The van der Waals surface area contributed by atoms with Crippen molar-refractivity contribution in [1.29, 1.82) is 0 Å². The second-order valence-electron chi connectivity index (χ2n) is 8.61. The van der Waals surface area contributed by atoms with Crippen LogP contribution in [0.3, 0.4) is 0 Å². The molecule has 3 heterocycles. The number of furan rings is 1. The smallest absolute Gasteiger partial charge is 0.257 e. The molecule has 1 aromatic rings. The van der Waals surface area contributed by atoms with Gasteiger partial charge in [0.05, 0.1) is 17.9 Å². The average molecular weight is 420 g/mol. The summed E-state index contributed by atoms with van der Waals surface area (Å²) in [6.07, 6.45) is 8.70. The Kier molecular flexibility index (Phi) is 8.75. The van der Waals surface area contributed by atoms with Crippen LogP contribution in [-0.4, -0.2) is 73.1 Å². The van der Waals surface area contributed by atoms with Gasteiger partial charge in [-0.25, -0.2) is 0 Å². The third-order valence-corrected chi connectivity index (χ3v) is 6.32. The second-order valence-corrected chi connectivity index (χ2v) is 8.61. The summed E-state index contributed by atoms with van der Waals surface area (Å²) in [6, 6.07) is 2.35. The lowest BCUT2D eigenvalue weighted by atomic mass is 10.0. The van der Waals surface area contributed by atoms with Crippen molar-refractivity contribution in [3.05, 3.63) is 23.7 Å². The zero-order valence-electron chi connectivity index (χ0n) is 18.5. The molecule has 30 heavy (non-hydrogen) atoms. The number of hydrogen-bond donors (Lipinski definition) is 1. The molecular formula is C23H37N3O4. The van der Waals surface area contributed by atoms with E-state index in [9.17, 15) is 9.59 Å². The van der Waals surface area contributed by atoms with Crippen LogP contribution in [0.15, 0.2) is 16.7 Å². The van der Waals surface area contributed by atoms with Crippen molar-refractivity contribution >= 4 is 11.8 Å². The van der Waals surface area contributed by atoms with E-state index in [1.807, 2.05) is 0 Å². The molecule has 2 fully saturated rings. The van der Waals surface area contributed by atoms with Crippen LogP contribution in [-0.2, 0) is 9.53 Å². The van der Waals surface area contributed by atoms with E-state index in [1.54, 1.807) is 17.9 Å². The monoisotopic (exact) mass is 419 g/mol. The van der Waals surface area contributed by atoms with E-state index in [-0.39, 0.29) is 17.9 Å². The molecule has 7 nitrogen and oxygen atoms in total. The van der Waals surface area contributed by atoms with Gasteiger partial charge in [0.25, 0.3) is 5.91 Å². The SMILES string of the molecule is Cc1occc1C(=O)N(CCC(=O)NCCCN1CCCC[C@H]1C)C[C@@H]1CCCO1. The molecule has 2 amide bonds. The van der Waals surface area contributed by atoms with Gasteiger partial charge in [-0.2, -0.15) is 0 Å². The summed E-state index contributed by atoms with van der Waals surface area (Å²) in [5.74, 6) is 0.508. The summed E-state index contributed by atoms with van der Waals surface area (Å²) in [5.41, 5.74) is 0.559. The highest BCUT2D eigenvalue weighted by Crippen LogP contribution is 2.18. The van der Waals surface area contributed by atoms with Crippen molar-refractivity contribution in [2.45, 2.75) is 70.9 Å². The van der Waals surface area contributed by atoms with Gasteiger partial charge in [-0.05, 0) is 58.6 Å². The summed E-state index contributed by atoms with van der Waals surface area (Å²) in [4.78, 5) is 29.6. The lowest BCUT2D eigenvalue weighted by Gasteiger charge is -2.33. The Labute approximate surface area is 180 Å². The van der Waals surface area contributed by atoms with E-state index in [0.717, 1.165) is 32.4 Å². The molecule has 7 heteroatoms. The standard InChI is InChI=1S/C23H37N3O4/c1-18-7-3-4-12-25(18)13-6-11-24-22(27)9-14-26(17-20-8-5-15-30-20)23(28)21-10-16-29-19(21)2/h10,16,18,20H,3-9,11-15,17H2,1-2H3,(H,24,27)/t18-,20+/m1/s1. The second kappa shape index (κ2) is 11.5. The topological polar surface area (TPSA) is 75.0 Å². The molecule has 3 rings (SSSR count). The molecule has 1 N–H and O–H groups in total. The average Bonchev–Trinajstić information content (AvgIpc) is 3.40. The van der Waals surface area contributed by atoms with E-state index in [2.05, 4.69) is 17.1 Å². The quantitative estimate of drug-likeness (QED) is 0.590. The maximum atomic E-state index is 13.0. The van der Waals surface area contributed by atoms with Crippen LogP contribution >= 0.6 is 0 Å². The number of carbonyl (C=O) groups excluding carboxylic acids is 2. The summed E-state index contributed by atoms with van der Waals surface area (Å²) in [7, 11) is 0. The van der Waals surface area contributed by atoms with Crippen molar-refractivity contribution in [1.82, 2.24) is 15.1 Å². The van der Waals surface area contributed by atoms with Crippen molar-refractivity contribution in [3.63, 3.8) is 0 Å². The highest BCUT2D eigenvalue weighted by Gasteiger charge is 2.25. The maximum Gasteiger partial charge on any atom is 0.257 e. The first kappa shape index (κ1) is 22.8. The van der Waals surface area contributed by atoms with Crippen LogP contribution in [0, 0.1) is 6.92 Å². The van der Waals surface area contributed by atoms with Gasteiger partial charge in [-0.1, -0.05) is 6.42 Å². The number of rotatable bonds is 10. The first-order chi connectivity index (χ1) is 14.5. The first-order valence-electron chi connectivity index (χ1n) is 11.5. The molecule has 0 aromatic carbocycles. The minimum absolute atomic E-state index is 0.00394. The predicted molar refractivity (Wildman–Crippen MR) is 115 cm³/mol. The fourth-order valence-electron chi connectivity index (χ4n) is 4.41. The summed E-state index contributed by atoms with van der Waals surface area (Å²) in [6.45, 7) is 8.61. The number of piperidine rings is 1. The number of amides is 2. The fourth-order valence-corrected chi connectivity index (χ4v) is 4.41. The highest BCUT2D eigenvalue weighted by atomic mass is 16.5. The zero-order valence-corrected chi connectivity index (χ0v) is 18.5. The van der Waals surface area contributed by atoms with Gasteiger partial charge in [0, 0.05) is 45.2 Å². The minimum Gasteiger partial charge on any atom is -0.469 e. The Hall–Kier alpha value is -1.86. The number of aryl methyl sites for hydroxylation is 1. The normalized spacial score (nSPS) is 22.2. The Morgan fingerprint density at radius 2 is 2.13 bits per heavy atom. The Morgan fingerprint density at radius 1 is 1.27 bits per heavy atom. The summed E-state index contributed by atoms with van der Waals surface area (Å²) in [5, 5.41) is 3.02. The van der Waals surface area contributed by atoms with Gasteiger partial charge in [-0.15, -0.1) is 0 Å². The van der Waals surface area contributed by atoms with Gasteiger partial charge in [-0.3, -0.25) is 9.59 Å². The third-order valence-electron chi connectivity index (χ3n) is 6.32. The first-order valence-corrected chi connectivity index (χ1v) is 11.5. The van der Waals surface area contributed by atoms with Crippen LogP contribution in [0.25, 0.3) is 0 Å². The van der Waals surface area contributed by atoms with Gasteiger partial charge < -0.3 is 24.3 Å². The van der Waals surface area contributed by atoms with Crippen molar-refractivity contribution in [2.75, 3.05) is 39.3 Å². The Balaban J connectivity index is 1.42. The van der Waals surface area contributed by atoms with Gasteiger partial charge in [0.15, 0.2) is 0 Å². The van der Waals surface area contributed by atoms with Crippen LogP contribution in [0.4, 0.5) is 0 Å². The lowest BCUT2D eigenvalue weighted by Crippen LogP contribution is -2.41. The molecule has 2 aliphatic rings. The van der Waals surface area contributed by atoms with Crippen molar-refractivity contribution in [3.8, 4) is 0 Å². The molecule has 1 aromatic heterocycles. The number of nitrogens with zero attached hydrogens (tertiary/aromatic N) is 2. The molecule has 0 unspecified atom stereocenters. The number of carbonyl (C=O) groups is 2. The van der Waals surface area contributed by atoms with Crippen LogP contribution < -0.4 is 5.32 Å². The van der Waals surface area contributed by atoms with Crippen molar-refractivity contribution < 1.29 is 18.7 Å². The molecule has 0 radical (unpaired) electrons. The molecule has 0 spiro atoms. The van der Waals surface area contributed by atoms with E-state index < -0.39 is 0 Å². The number of likely N-dealkylation sites (tertiary alicyclic amines) is 1. The molecule has 0 bridgehead atoms. The predicted octanol–water partition coefficient (Wildman–Crippen LogP) is 2.98. The molecule has 0 aliphatic carbocycles. The van der Waals surface area contributed by atoms with Gasteiger partial charge in [0.1, 0.15) is 5.76 Å². The van der Waals surface area contributed by atoms with Crippen molar-refractivity contribution in [2.24, 2.45) is 0 Å². The Bertz CT molecular complexity index is 684. The Morgan fingerprint density at radius 3 is 2.83 bits per heavy atom. The van der Waals surface area contributed by atoms with Crippen LogP contribution in [0.2, 0.25) is 0 Å². The van der Waals surface area contributed by atoms with E-state index in [4.69, 9.17) is 9.15 Å². The molecule has 2 atom stereocenters. The largest absolute Gasteiger partial charge is 0.469 e. The molecule has 2 aliphatic heterocycles. The maximum absolute atomic E-state index is 13.0. The molecule has 2 saturated heterocycles. The number of hydrogen-bond acceptors (Lipinski definition) is 5. The zero-order chi connectivity index (χ0) is 21.3. The molecular weight excluding hydrogens is 382 g/mol. The minimum atomic E-state index is -0.0939. The number of nitrogens with one attached hydrogen (secondary N) is 1. The lowest BCUT2D eigenvalue weighted by molar-refractivity contribution is -0.121. The van der Waals surface area contributed by atoms with Gasteiger partial charge >= 0.3 is 0 Å². The molecule has 0 saturated carbocycles. The van der Waals surface area contributed by atoms with Crippen LogP contribution in [0.1, 0.15) is 68.0 Å². The summed E-state index contributed by atoms with van der Waals surface area (Å²) < 4.78 is 11.0. The number of ether oxygens (including phenoxy) is 1. The fraction of sp³-hybridized carbons (Fsp3) is 0.739. The van der Waals surface area contributed by atoms with Crippen LogP contribution in [0.5, 0.6) is 0 Å². The highest BCUT2D eigenvalue weighted by molar-refractivity contribution is 5.95. The summed E-state index contributed by atoms with van der Waals surface area (Å²) >= 11 is 0. The van der Waals surface area contributed by atoms with E-state index >= 15 is 0 Å². The third kappa shape index (κ3) is 6.57.